The number of halogens is 4. The summed E-state index contributed by atoms with van der Waals surface area (Å²) in [6.07, 6.45) is -4.70. The lowest BCUT2D eigenvalue weighted by molar-refractivity contribution is -0.274. The molecule has 0 saturated heterocycles. The number of nitrogens with zero attached hydrogens (tertiary/aromatic N) is 2. The van der Waals surface area contributed by atoms with Gasteiger partial charge in [-0.2, -0.15) is 0 Å². The van der Waals surface area contributed by atoms with Crippen molar-refractivity contribution in [2.45, 2.75) is 19.0 Å². The summed E-state index contributed by atoms with van der Waals surface area (Å²) >= 11 is 3.28. The van der Waals surface area contributed by atoms with Gasteiger partial charge in [0.05, 0.1) is 23.3 Å². The average molecular weight is 486 g/mol. The van der Waals surface area contributed by atoms with Gasteiger partial charge < -0.3 is 15.2 Å². The lowest BCUT2D eigenvalue weighted by Crippen LogP contribution is -2.34. The van der Waals surface area contributed by atoms with E-state index in [0.29, 0.717) is 20.9 Å². The molecule has 0 aliphatic carbocycles. The van der Waals surface area contributed by atoms with Crippen molar-refractivity contribution < 1.29 is 27.8 Å². The SMILES string of the molecule is O=C(Cn1cnc2ccc(Br)cc2c1=O)NCC(O)c1ccc(OC(F)(F)F)cc1. The Hall–Kier alpha value is -2.92. The summed E-state index contributed by atoms with van der Waals surface area (Å²) in [5.74, 6) is -0.957. The van der Waals surface area contributed by atoms with E-state index >= 15 is 0 Å². The van der Waals surface area contributed by atoms with Crippen LogP contribution >= 0.6 is 15.9 Å². The number of aromatic nitrogens is 2. The minimum absolute atomic E-state index is 0.195. The zero-order valence-corrected chi connectivity index (χ0v) is 16.8. The van der Waals surface area contributed by atoms with Gasteiger partial charge in [0.15, 0.2) is 0 Å². The monoisotopic (exact) mass is 485 g/mol. The maximum absolute atomic E-state index is 12.5. The van der Waals surface area contributed by atoms with Crippen LogP contribution in [-0.2, 0) is 11.3 Å². The van der Waals surface area contributed by atoms with Gasteiger partial charge in [-0.3, -0.25) is 14.2 Å². The number of aliphatic hydroxyl groups is 1. The Bertz CT molecular complexity index is 1120. The molecular formula is C19H15BrF3N3O4. The average Bonchev–Trinajstić information content (AvgIpc) is 2.68. The van der Waals surface area contributed by atoms with Crippen LogP contribution in [0.4, 0.5) is 13.2 Å². The minimum atomic E-state index is -4.81. The molecule has 2 N–H and O–H groups in total. The number of benzene rings is 2. The maximum atomic E-state index is 12.5. The van der Waals surface area contributed by atoms with Crippen molar-refractivity contribution >= 4 is 32.7 Å². The molecule has 3 rings (SSSR count). The molecule has 1 aromatic heterocycles. The molecule has 1 heterocycles. The number of aliphatic hydroxyl groups excluding tert-OH is 1. The van der Waals surface area contributed by atoms with Crippen LogP contribution in [0.15, 0.2) is 58.1 Å². The second-order valence-corrected chi connectivity index (χ2v) is 7.19. The normalized spacial score (nSPS) is 12.6. The van der Waals surface area contributed by atoms with Gasteiger partial charge in [-0.15, -0.1) is 13.2 Å². The van der Waals surface area contributed by atoms with Crippen molar-refractivity contribution in [1.29, 1.82) is 0 Å². The molecule has 0 bridgehead atoms. The van der Waals surface area contributed by atoms with Crippen LogP contribution in [0.1, 0.15) is 11.7 Å². The van der Waals surface area contributed by atoms with E-state index in [9.17, 15) is 27.9 Å². The van der Waals surface area contributed by atoms with Crippen molar-refractivity contribution in [1.82, 2.24) is 14.9 Å². The summed E-state index contributed by atoms with van der Waals surface area (Å²) in [7, 11) is 0. The molecule has 0 aliphatic heterocycles. The van der Waals surface area contributed by atoms with Crippen LogP contribution in [0.25, 0.3) is 10.9 Å². The zero-order valence-electron chi connectivity index (χ0n) is 15.2. The van der Waals surface area contributed by atoms with Crippen molar-refractivity contribution in [3.05, 3.63) is 69.2 Å². The van der Waals surface area contributed by atoms with E-state index in [1.807, 2.05) is 0 Å². The Morgan fingerprint density at radius 3 is 2.60 bits per heavy atom. The largest absolute Gasteiger partial charge is 0.573 e. The van der Waals surface area contributed by atoms with Crippen LogP contribution < -0.4 is 15.6 Å². The van der Waals surface area contributed by atoms with Crippen molar-refractivity contribution in [3.63, 3.8) is 0 Å². The molecule has 0 aliphatic rings. The van der Waals surface area contributed by atoms with E-state index in [1.165, 1.54) is 18.5 Å². The Kier molecular flexibility index (Phi) is 6.42. The Morgan fingerprint density at radius 2 is 1.93 bits per heavy atom. The molecular weight excluding hydrogens is 471 g/mol. The lowest BCUT2D eigenvalue weighted by atomic mass is 10.1. The quantitative estimate of drug-likeness (QED) is 0.559. The van der Waals surface area contributed by atoms with Crippen LogP contribution in [-0.4, -0.2) is 33.5 Å². The highest BCUT2D eigenvalue weighted by Gasteiger charge is 2.31. The Labute approximate surface area is 176 Å². The molecule has 158 valence electrons. The number of nitrogens with one attached hydrogen (secondary N) is 1. The van der Waals surface area contributed by atoms with Crippen molar-refractivity contribution in [2.75, 3.05) is 6.54 Å². The summed E-state index contributed by atoms with van der Waals surface area (Å²) in [4.78, 5) is 28.8. The molecule has 2 aromatic carbocycles. The smallest absolute Gasteiger partial charge is 0.406 e. The molecule has 1 atom stereocenters. The molecule has 0 saturated carbocycles. The number of hydrogen-bond acceptors (Lipinski definition) is 5. The van der Waals surface area contributed by atoms with Gasteiger partial charge >= 0.3 is 6.36 Å². The topological polar surface area (TPSA) is 93.5 Å². The van der Waals surface area contributed by atoms with E-state index in [2.05, 4.69) is 31.0 Å². The number of fused-ring (bicyclic) bond motifs is 1. The van der Waals surface area contributed by atoms with Gasteiger partial charge in [0, 0.05) is 11.0 Å². The third-order valence-electron chi connectivity index (χ3n) is 4.09. The first kappa shape index (κ1) is 21.8. The van der Waals surface area contributed by atoms with Crippen LogP contribution in [0.2, 0.25) is 0 Å². The summed E-state index contributed by atoms with van der Waals surface area (Å²) in [5, 5.41) is 12.9. The van der Waals surface area contributed by atoms with E-state index in [4.69, 9.17) is 0 Å². The van der Waals surface area contributed by atoms with Gasteiger partial charge in [-0.05, 0) is 35.9 Å². The molecule has 7 nitrogen and oxygen atoms in total. The van der Waals surface area contributed by atoms with Crippen LogP contribution in [0, 0.1) is 0 Å². The third-order valence-corrected chi connectivity index (χ3v) is 4.58. The van der Waals surface area contributed by atoms with Gasteiger partial charge in [-0.1, -0.05) is 28.1 Å². The van der Waals surface area contributed by atoms with E-state index < -0.39 is 29.7 Å². The van der Waals surface area contributed by atoms with E-state index in [0.717, 1.165) is 16.7 Å². The highest BCUT2D eigenvalue weighted by Crippen LogP contribution is 2.24. The van der Waals surface area contributed by atoms with Crippen LogP contribution in [0.5, 0.6) is 5.75 Å². The predicted molar refractivity (Wildman–Crippen MR) is 105 cm³/mol. The lowest BCUT2D eigenvalue weighted by Gasteiger charge is -2.14. The third kappa shape index (κ3) is 5.57. The number of carbonyl (C=O) groups excluding carboxylic acids is 1. The second kappa shape index (κ2) is 8.84. The zero-order chi connectivity index (χ0) is 21.9. The van der Waals surface area contributed by atoms with Gasteiger partial charge in [0.2, 0.25) is 5.91 Å². The minimum Gasteiger partial charge on any atom is -0.406 e. The fourth-order valence-corrected chi connectivity index (χ4v) is 3.04. The first-order valence-corrected chi connectivity index (χ1v) is 9.37. The standard InChI is InChI=1S/C19H15BrF3N3O4/c20-12-3-6-15-14(7-12)18(29)26(10-25-15)9-17(28)24-8-16(27)11-1-4-13(5-2-11)30-19(21,22)23/h1-7,10,16,27H,8-9H2,(H,24,28). The fourth-order valence-electron chi connectivity index (χ4n) is 2.67. The highest BCUT2D eigenvalue weighted by atomic mass is 79.9. The highest BCUT2D eigenvalue weighted by molar-refractivity contribution is 9.10. The molecule has 3 aromatic rings. The molecule has 0 fully saturated rings. The van der Waals surface area contributed by atoms with Gasteiger partial charge in [0.25, 0.3) is 5.56 Å². The number of carbonyl (C=O) groups is 1. The first-order chi connectivity index (χ1) is 14.1. The van der Waals surface area contributed by atoms with Crippen LogP contribution in [0.3, 0.4) is 0 Å². The number of alkyl halides is 3. The number of amides is 1. The van der Waals surface area contributed by atoms with E-state index in [-0.39, 0.29) is 13.1 Å². The number of rotatable bonds is 6. The summed E-state index contributed by atoms with van der Waals surface area (Å²) in [6, 6.07) is 9.66. The van der Waals surface area contributed by atoms with Crippen molar-refractivity contribution in [3.8, 4) is 5.75 Å². The molecule has 1 unspecified atom stereocenters. The van der Waals surface area contributed by atoms with Gasteiger partial charge in [0.1, 0.15) is 12.3 Å². The summed E-state index contributed by atoms with van der Waals surface area (Å²) in [5.41, 5.74) is 0.393. The van der Waals surface area contributed by atoms with Crippen molar-refractivity contribution in [2.24, 2.45) is 0 Å². The summed E-state index contributed by atoms with van der Waals surface area (Å²) in [6.45, 7) is -0.501. The summed E-state index contributed by atoms with van der Waals surface area (Å²) < 4.78 is 42.1. The first-order valence-electron chi connectivity index (χ1n) is 8.57. The number of ether oxygens (including phenoxy) is 1. The molecule has 11 heteroatoms. The maximum Gasteiger partial charge on any atom is 0.573 e. The Morgan fingerprint density at radius 1 is 1.23 bits per heavy atom. The molecule has 0 spiro atoms. The molecule has 30 heavy (non-hydrogen) atoms. The number of hydrogen-bond donors (Lipinski definition) is 2. The Balaban J connectivity index is 1.60. The van der Waals surface area contributed by atoms with Gasteiger partial charge in [-0.25, -0.2) is 4.98 Å². The predicted octanol–water partition coefficient (Wildman–Crippen LogP) is 2.91. The molecule has 1 amide bonds. The fraction of sp³-hybridized carbons (Fsp3) is 0.211. The second-order valence-electron chi connectivity index (χ2n) is 6.28. The van der Waals surface area contributed by atoms with E-state index in [1.54, 1.807) is 18.2 Å². The molecule has 0 radical (unpaired) electrons.